The van der Waals surface area contributed by atoms with Crippen LogP contribution in [0, 0.1) is 21.7 Å². The molecule has 2 aromatic carbocycles. The van der Waals surface area contributed by atoms with E-state index in [0.717, 1.165) is 11.6 Å². The summed E-state index contributed by atoms with van der Waals surface area (Å²) in [5.41, 5.74) is 1.11. The summed E-state index contributed by atoms with van der Waals surface area (Å²) < 4.78 is 27.6. The lowest BCUT2D eigenvalue weighted by molar-refractivity contribution is -0.385. The number of hydrogen-bond donors (Lipinski definition) is 1. The number of rotatable bonds is 7. The van der Waals surface area contributed by atoms with E-state index in [1.165, 1.54) is 41.0 Å². The monoisotopic (exact) mass is 386 g/mol. The van der Waals surface area contributed by atoms with E-state index in [9.17, 15) is 28.8 Å². The number of aromatic nitrogens is 1. The molecule has 3 aromatic rings. The fourth-order valence-corrected chi connectivity index (χ4v) is 3.04. The van der Waals surface area contributed by atoms with Crippen molar-refractivity contribution in [3.05, 3.63) is 98.9 Å². The average Bonchev–Trinajstić information content (AvgIpc) is 3.02. The number of carbonyl (C=O) groups is 1. The smallest absolute Gasteiger partial charge is 0.352 e. The highest BCUT2D eigenvalue weighted by molar-refractivity contribution is 5.87. The van der Waals surface area contributed by atoms with Gasteiger partial charge in [0.25, 0.3) is 5.69 Å². The highest BCUT2D eigenvalue weighted by Gasteiger charge is 2.26. The van der Waals surface area contributed by atoms with Gasteiger partial charge in [-0.05, 0) is 48.2 Å². The molecule has 0 bridgehead atoms. The van der Waals surface area contributed by atoms with Gasteiger partial charge < -0.3 is 9.67 Å². The Morgan fingerprint density at radius 3 is 2.00 bits per heavy atom. The van der Waals surface area contributed by atoms with Gasteiger partial charge in [-0.25, -0.2) is 13.6 Å². The lowest BCUT2D eigenvalue weighted by Gasteiger charge is -2.11. The van der Waals surface area contributed by atoms with Crippen LogP contribution in [-0.2, 0) is 19.4 Å². The lowest BCUT2D eigenvalue weighted by atomic mass is 10.1. The Balaban J connectivity index is 1.99. The first-order valence-corrected chi connectivity index (χ1v) is 8.44. The fraction of sp³-hybridized carbons (Fsp3) is 0.150. The molecule has 0 aliphatic carbocycles. The zero-order valence-corrected chi connectivity index (χ0v) is 14.6. The Hall–Kier alpha value is -3.55. The van der Waals surface area contributed by atoms with Gasteiger partial charge in [-0.15, -0.1) is 0 Å². The number of nitro groups is 1. The van der Waals surface area contributed by atoms with E-state index in [1.807, 2.05) is 0 Å². The summed E-state index contributed by atoms with van der Waals surface area (Å²) >= 11 is 0. The molecule has 28 heavy (non-hydrogen) atoms. The topological polar surface area (TPSA) is 85.4 Å². The van der Waals surface area contributed by atoms with Crippen molar-refractivity contribution in [1.29, 1.82) is 0 Å². The molecular formula is C20H16F2N2O4. The van der Waals surface area contributed by atoms with Gasteiger partial charge in [0, 0.05) is 12.6 Å². The first-order chi connectivity index (χ1) is 13.3. The molecule has 0 aliphatic heterocycles. The standard InChI is InChI=1S/C20H16F2N2O4/c21-15-6-1-13(2-7-15)5-10-17-18(24(27)28)11-19(20(25)26)23(17)12-14-3-8-16(22)9-4-14/h1-4,6-9,11H,5,10,12H2,(H,25,26). The summed E-state index contributed by atoms with van der Waals surface area (Å²) in [6.45, 7) is 0.0501. The molecule has 0 spiro atoms. The predicted molar refractivity (Wildman–Crippen MR) is 97.4 cm³/mol. The number of benzene rings is 2. The molecule has 0 fully saturated rings. The molecule has 1 heterocycles. The quantitative estimate of drug-likeness (QED) is 0.487. The van der Waals surface area contributed by atoms with E-state index in [-0.39, 0.29) is 35.9 Å². The fourth-order valence-electron chi connectivity index (χ4n) is 3.04. The van der Waals surface area contributed by atoms with Crippen LogP contribution in [0.2, 0.25) is 0 Å². The van der Waals surface area contributed by atoms with Crippen molar-refractivity contribution in [3.8, 4) is 0 Å². The molecule has 1 N–H and O–H groups in total. The normalized spacial score (nSPS) is 10.8. The number of aryl methyl sites for hydroxylation is 1. The maximum Gasteiger partial charge on any atom is 0.352 e. The number of halogens is 2. The van der Waals surface area contributed by atoms with Gasteiger partial charge in [-0.2, -0.15) is 0 Å². The highest BCUT2D eigenvalue weighted by Crippen LogP contribution is 2.27. The van der Waals surface area contributed by atoms with E-state index < -0.39 is 16.7 Å². The molecule has 0 radical (unpaired) electrons. The molecule has 0 saturated heterocycles. The second-order valence-electron chi connectivity index (χ2n) is 6.26. The van der Waals surface area contributed by atoms with Gasteiger partial charge in [0.05, 0.1) is 10.6 Å². The van der Waals surface area contributed by atoms with Crippen molar-refractivity contribution < 1.29 is 23.6 Å². The Bertz CT molecular complexity index is 1010. The van der Waals surface area contributed by atoms with Crippen LogP contribution >= 0.6 is 0 Å². The second-order valence-corrected chi connectivity index (χ2v) is 6.26. The van der Waals surface area contributed by atoms with Crippen LogP contribution in [0.1, 0.15) is 27.3 Å². The van der Waals surface area contributed by atoms with Crippen molar-refractivity contribution in [3.63, 3.8) is 0 Å². The third-order valence-corrected chi connectivity index (χ3v) is 4.42. The summed E-state index contributed by atoms with van der Waals surface area (Å²) in [4.78, 5) is 22.5. The molecular weight excluding hydrogens is 370 g/mol. The average molecular weight is 386 g/mol. The van der Waals surface area contributed by atoms with E-state index in [1.54, 1.807) is 12.1 Å². The van der Waals surface area contributed by atoms with Crippen molar-refractivity contribution in [2.75, 3.05) is 0 Å². The summed E-state index contributed by atoms with van der Waals surface area (Å²) in [6.07, 6.45) is 0.560. The summed E-state index contributed by atoms with van der Waals surface area (Å²) in [6, 6.07) is 12.3. The molecule has 0 atom stereocenters. The summed E-state index contributed by atoms with van der Waals surface area (Å²) in [5, 5.41) is 20.9. The van der Waals surface area contributed by atoms with Crippen molar-refractivity contribution in [2.24, 2.45) is 0 Å². The van der Waals surface area contributed by atoms with E-state index in [4.69, 9.17) is 0 Å². The third kappa shape index (κ3) is 4.22. The second kappa shape index (κ2) is 7.99. The van der Waals surface area contributed by atoms with Gasteiger partial charge in [0.1, 0.15) is 17.3 Å². The first kappa shape index (κ1) is 19.2. The van der Waals surface area contributed by atoms with Crippen LogP contribution < -0.4 is 0 Å². The van der Waals surface area contributed by atoms with Crippen LogP contribution in [-0.4, -0.2) is 20.6 Å². The van der Waals surface area contributed by atoms with Gasteiger partial charge in [0.15, 0.2) is 0 Å². The minimum atomic E-state index is -1.29. The number of carboxylic acid groups (broad SMARTS) is 1. The van der Waals surface area contributed by atoms with Crippen LogP contribution in [0.15, 0.2) is 54.6 Å². The summed E-state index contributed by atoms with van der Waals surface area (Å²) in [5.74, 6) is -2.11. The minimum absolute atomic E-state index is 0.0501. The number of hydrogen-bond acceptors (Lipinski definition) is 3. The molecule has 6 nitrogen and oxygen atoms in total. The van der Waals surface area contributed by atoms with Crippen LogP contribution in [0.5, 0.6) is 0 Å². The number of nitrogens with zero attached hydrogens (tertiary/aromatic N) is 2. The van der Waals surface area contributed by atoms with E-state index >= 15 is 0 Å². The SMILES string of the molecule is O=C(O)c1cc([N+](=O)[O-])c(CCc2ccc(F)cc2)n1Cc1ccc(F)cc1. The molecule has 1 aromatic heterocycles. The van der Waals surface area contributed by atoms with Gasteiger partial charge in [-0.3, -0.25) is 10.1 Å². The third-order valence-electron chi connectivity index (χ3n) is 4.42. The van der Waals surface area contributed by atoms with Crippen LogP contribution in [0.3, 0.4) is 0 Å². The zero-order valence-electron chi connectivity index (χ0n) is 14.6. The molecule has 144 valence electrons. The zero-order chi connectivity index (χ0) is 20.3. The van der Waals surface area contributed by atoms with E-state index in [0.29, 0.717) is 12.0 Å². The van der Waals surface area contributed by atoms with Gasteiger partial charge in [-0.1, -0.05) is 24.3 Å². The molecule has 0 unspecified atom stereocenters. The lowest BCUT2D eigenvalue weighted by Crippen LogP contribution is -2.13. The first-order valence-electron chi connectivity index (χ1n) is 8.44. The van der Waals surface area contributed by atoms with Gasteiger partial charge in [0.2, 0.25) is 0 Å². The molecule has 0 saturated carbocycles. The van der Waals surface area contributed by atoms with Crippen molar-refractivity contribution in [1.82, 2.24) is 4.57 Å². The molecule has 8 heteroatoms. The molecule has 0 aliphatic rings. The Morgan fingerprint density at radius 2 is 1.50 bits per heavy atom. The van der Waals surface area contributed by atoms with Crippen molar-refractivity contribution in [2.45, 2.75) is 19.4 Å². The van der Waals surface area contributed by atoms with Gasteiger partial charge >= 0.3 is 5.97 Å². The summed E-state index contributed by atoms with van der Waals surface area (Å²) in [7, 11) is 0. The maximum atomic E-state index is 13.1. The Kier molecular flexibility index (Phi) is 5.49. The maximum absolute atomic E-state index is 13.1. The largest absolute Gasteiger partial charge is 0.477 e. The van der Waals surface area contributed by atoms with Crippen molar-refractivity contribution >= 4 is 11.7 Å². The highest BCUT2D eigenvalue weighted by atomic mass is 19.1. The van der Waals surface area contributed by atoms with E-state index in [2.05, 4.69) is 0 Å². The molecule has 0 amide bonds. The Morgan fingerprint density at radius 1 is 0.964 bits per heavy atom. The Labute approximate surface area is 158 Å². The predicted octanol–water partition coefficient (Wildman–Crippen LogP) is 4.21. The van der Waals surface area contributed by atoms with Crippen LogP contribution in [0.4, 0.5) is 14.5 Å². The number of aromatic carboxylic acids is 1. The molecule has 3 rings (SSSR count). The minimum Gasteiger partial charge on any atom is -0.477 e. The number of carboxylic acids is 1. The van der Waals surface area contributed by atoms with Crippen LogP contribution in [0.25, 0.3) is 0 Å².